The van der Waals surface area contributed by atoms with E-state index in [0.717, 1.165) is 26.2 Å². The number of rotatable bonds is 6. The Balaban J connectivity index is 0.00000200. The normalized spacial score (nSPS) is 16.6. The second-order valence-corrected chi connectivity index (χ2v) is 5.39. The van der Waals surface area contributed by atoms with Crippen LogP contribution < -0.4 is 5.32 Å². The van der Waals surface area contributed by atoms with Crippen LogP contribution in [0.1, 0.15) is 44.2 Å². The zero-order valence-electron chi connectivity index (χ0n) is 12.8. The fourth-order valence-corrected chi connectivity index (χ4v) is 2.84. The van der Waals surface area contributed by atoms with Crippen molar-refractivity contribution in [3.63, 3.8) is 0 Å². The van der Waals surface area contributed by atoms with E-state index in [1.165, 1.54) is 31.2 Å². The van der Waals surface area contributed by atoms with Crippen LogP contribution in [0.15, 0.2) is 24.3 Å². The number of hydrogen-bond acceptors (Lipinski definition) is 3. The molecule has 0 bridgehead atoms. The van der Waals surface area contributed by atoms with Crippen molar-refractivity contribution in [3.8, 4) is 5.75 Å². The van der Waals surface area contributed by atoms with Gasteiger partial charge in [-0.1, -0.05) is 38.3 Å². The number of aromatic hydroxyl groups is 1. The number of nitrogens with zero attached hydrogens (tertiary/aromatic N) is 1. The summed E-state index contributed by atoms with van der Waals surface area (Å²) in [6, 6.07) is 8.28. The zero-order chi connectivity index (χ0) is 13.5. The molecule has 122 valence electrons. The SMILES string of the molecule is CCCCC[C@@H](c1ccc(O)cc1)N1CCNCC1.Cl.Cl. The van der Waals surface area contributed by atoms with Gasteiger partial charge >= 0.3 is 0 Å². The van der Waals surface area contributed by atoms with Crippen LogP contribution in [0.5, 0.6) is 5.75 Å². The maximum absolute atomic E-state index is 9.44. The van der Waals surface area contributed by atoms with E-state index in [0.29, 0.717) is 11.8 Å². The molecule has 2 N–H and O–H groups in total. The lowest BCUT2D eigenvalue weighted by atomic mass is 9.98. The summed E-state index contributed by atoms with van der Waals surface area (Å²) in [5.41, 5.74) is 1.34. The molecule has 21 heavy (non-hydrogen) atoms. The lowest BCUT2D eigenvalue weighted by molar-refractivity contribution is 0.162. The number of nitrogens with one attached hydrogen (secondary N) is 1. The third-order valence-corrected chi connectivity index (χ3v) is 3.95. The first-order valence-corrected chi connectivity index (χ1v) is 7.55. The van der Waals surface area contributed by atoms with Gasteiger partial charge in [-0.25, -0.2) is 0 Å². The Labute approximate surface area is 140 Å². The van der Waals surface area contributed by atoms with Crippen molar-refractivity contribution < 1.29 is 5.11 Å². The molecule has 0 amide bonds. The second kappa shape index (κ2) is 11.1. The van der Waals surface area contributed by atoms with E-state index in [1.807, 2.05) is 12.1 Å². The highest BCUT2D eigenvalue weighted by molar-refractivity contribution is 5.85. The van der Waals surface area contributed by atoms with Crippen molar-refractivity contribution >= 4 is 24.8 Å². The van der Waals surface area contributed by atoms with Gasteiger partial charge in [0.1, 0.15) is 5.75 Å². The lowest BCUT2D eigenvalue weighted by Gasteiger charge is -2.35. The van der Waals surface area contributed by atoms with E-state index in [1.54, 1.807) is 0 Å². The van der Waals surface area contributed by atoms with E-state index < -0.39 is 0 Å². The predicted molar refractivity (Wildman–Crippen MR) is 93.9 cm³/mol. The molecular weight excluding hydrogens is 307 g/mol. The summed E-state index contributed by atoms with van der Waals surface area (Å²) in [6.07, 6.45) is 5.08. The van der Waals surface area contributed by atoms with E-state index in [-0.39, 0.29) is 24.8 Å². The van der Waals surface area contributed by atoms with Crippen LogP contribution in [-0.2, 0) is 0 Å². The number of benzene rings is 1. The van der Waals surface area contributed by atoms with Gasteiger partial charge in [0, 0.05) is 32.2 Å². The predicted octanol–water partition coefficient (Wildman–Crippen LogP) is 3.76. The van der Waals surface area contributed by atoms with Crippen LogP contribution >= 0.6 is 24.8 Å². The third-order valence-electron chi connectivity index (χ3n) is 3.95. The molecule has 1 saturated heterocycles. The zero-order valence-corrected chi connectivity index (χ0v) is 14.4. The summed E-state index contributed by atoms with van der Waals surface area (Å²) in [5.74, 6) is 0.358. The van der Waals surface area contributed by atoms with Crippen molar-refractivity contribution in [3.05, 3.63) is 29.8 Å². The smallest absolute Gasteiger partial charge is 0.115 e. The number of phenols is 1. The first-order chi connectivity index (χ1) is 9.31. The van der Waals surface area contributed by atoms with Gasteiger partial charge in [-0.15, -0.1) is 24.8 Å². The minimum atomic E-state index is 0. The van der Waals surface area contributed by atoms with E-state index in [4.69, 9.17) is 0 Å². The first kappa shape index (κ1) is 20.5. The average Bonchev–Trinajstić information content (AvgIpc) is 2.46. The second-order valence-electron chi connectivity index (χ2n) is 5.39. The van der Waals surface area contributed by atoms with Crippen LogP contribution in [0.3, 0.4) is 0 Å². The summed E-state index contributed by atoms with van der Waals surface area (Å²) >= 11 is 0. The van der Waals surface area contributed by atoms with E-state index in [9.17, 15) is 5.11 Å². The lowest BCUT2D eigenvalue weighted by Crippen LogP contribution is -2.45. The summed E-state index contributed by atoms with van der Waals surface area (Å²) in [4.78, 5) is 2.58. The van der Waals surface area contributed by atoms with Gasteiger partial charge in [-0.2, -0.15) is 0 Å². The Kier molecular flexibility index (Phi) is 10.9. The number of halogens is 2. The molecule has 5 heteroatoms. The first-order valence-electron chi connectivity index (χ1n) is 7.55. The molecule has 0 spiro atoms. The molecule has 1 aromatic rings. The number of unbranched alkanes of at least 4 members (excludes halogenated alkanes) is 2. The van der Waals surface area contributed by atoms with E-state index in [2.05, 4.69) is 29.3 Å². The maximum Gasteiger partial charge on any atom is 0.115 e. The molecule has 1 atom stereocenters. The molecule has 1 heterocycles. The molecule has 0 aromatic heterocycles. The molecule has 0 aliphatic carbocycles. The Bertz CT molecular complexity index is 367. The molecule has 1 aromatic carbocycles. The minimum Gasteiger partial charge on any atom is -0.508 e. The number of hydrogen-bond donors (Lipinski definition) is 2. The van der Waals surface area contributed by atoms with Crippen LogP contribution in [0.4, 0.5) is 0 Å². The fourth-order valence-electron chi connectivity index (χ4n) is 2.84. The standard InChI is InChI=1S/C16H26N2O.2ClH/c1-2-3-4-5-16(18-12-10-17-11-13-18)14-6-8-15(19)9-7-14;;/h6-9,16-17,19H,2-5,10-13H2,1H3;2*1H/t16-;;/m0../s1. The van der Waals surface area contributed by atoms with Crippen LogP contribution in [0.25, 0.3) is 0 Å². The van der Waals surface area contributed by atoms with Gasteiger partial charge in [0.05, 0.1) is 0 Å². The summed E-state index contributed by atoms with van der Waals surface area (Å²) in [5, 5.41) is 12.9. The highest BCUT2D eigenvalue weighted by Crippen LogP contribution is 2.28. The van der Waals surface area contributed by atoms with Crippen molar-refractivity contribution in [2.24, 2.45) is 0 Å². The molecule has 0 saturated carbocycles. The van der Waals surface area contributed by atoms with E-state index >= 15 is 0 Å². The van der Waals surface area contributed by atoms with Crippen molar-refractivity contribution in [2.75, 3.05) is 26.2 Å². The monoisotopic (exact) mass is 334 g/mol. The molecule has 1 aliphatic heterocycles. The molecule has 0 unspecified atom stereocenters. The molecule has 1 aliphatic rings. The number of piperazine rings is 1. The fraction of sp³-hybridized carbons (Fsp3) is 0.625. The largest absolute Gasteiger partial charge is 0.508 e. The Morgan fingerprint density at radius 1 is 1.10 bits per heavy atom. The highest BCUT2D eigenvalue weighted by Gasteiger charge is 2.21. The highest BCUT2D eigenvalue weighted by atomic mass is 35.5. The quantitative estimate of drug-likeness (QED) is 0.777. The van der Waals surface area contributed by atoms with Gasteiger partial charge in [0.15, 0.2) is 0 Å². The van der Waals surface area contributed by atoms with Crippen molar-refractivity contribution in [1.29, 1.82) is 0 Å². The summed E-state index contributed by atoms with van der Waals surface area (Å²) in [6.45, 7) is 6.67. The van der Waals surface area contributed by atoms with Gasteiger partial charge in [-0.05, 0) is 24.1 Å². The third kappa shape index (κ3) is 6.43. The molecule has 2 rings (SSSR count). The molecule has 0 radical (unpaired) electrons. The summed E-state index contributed by atoms with van der Waals surface area (Å²) < 4.78 is 0. The molecule has 1 fully saturated rings. The van der Waals surface area contributed by atoms with Gasteiger partial charge in [-0.3, -0.25) is 4.90 Å². The average molecular weight is 335 g/mol. The Morgan fingerprint density at radius 2 is 1.71 bits per heavy atom. The van der Waals surface area contributed by atoms with Crippen LogP contribution in [0, 0.1) is 0 Å². The summed E-state index contributed by atoms with van der Waals surface area (Å²) in [7, 11) is 0. The van der Waals surface area contributed by atoms with Gasteiger partial charge < -0.3 is 10.4 Å². The minimum absolute atomic E-state index is 0. The molecular formula is C16H28Cl2N2O. The van der Waals surface area contributed by atoms with Crippen LogP contribution in [-0.4, -0.2) is 36.2 Å². The topological polar surface area (TPSA) is 35.5 Å². The Hall–Kier alpha value is -0.480. The number of phenolic OH excluding ortho intramolecular Hbond substituents is 1. The maximum atomic E-state index is 9.44. The van der Waals surface area contributed by atoms with Gasteiger partial charge in [0.25, 0.3) is 0 Å². The van der Waals surface area contributed by atoms with Crippen LogP contribution in [0.2, 0.25) is 0 Å². The van der Waals surface area contributed by atoms with Crippen molar-refractivity contribution in [2.45, 2.75) is 38.6 Å². The molecule has 3 nitrogen and oxygen atoms in total. The van der Waals surface area contributed by atoms with Gasteiger partial charge in [0.2, 0.25) is 0 Å². The Morgan fingerprint density at radius 3 is 2.29 bits per heavy atom. The van der Waals surface area contributed by atoms with Crippen molar-refractivity contribution in [1.82, 2.24) is 10.2 Å².